The molecule has 0 bridgehead atoms. The number of unbranched alkanes of at least 4 members (excludes halogenated alkanes) is 10. The van der Waals surface area contributed by atoms with Gasteiger partial charge in [-0.1, -0.05) is 84.3 Å². The molecule has 1 amide bonds. The number of carbonyl (C=O) groups excluding carboxylic acids is 3. The number of hydrogen-bond donors (Lipinski definition) is 0. The van der Waals surface area contributed by atoms with E-state index in [1.807, 2.05) is 22.9 Å². The van der Waals surface area contributed by atoms with Gasteiger partial charge in [-0.25, -0.2) is 9.97 Å². The van der Waals surface area contributed by atoms with Crippen molar-refractivity contribution >= 4 is 28.9 Å². The maximum atomic E-state index is 12.5. The van der Waals surface area contributed by atoms with Crippen LogP contribution in [0.15, 0.2) is 30.7 Å². The summed E-state index contributed by atoms with van der Waals surface area (Å²) in [5, 5.41) is 9.87. The first-order valence-corrected chi connectivity index (χ1v) is 19.8. The summed E-state index contributed by atoms with van der Waals surface area (Å²) in [6.07, 6.45) is 26.0. The number of rotatable bonds is 25. The predicted octanol–water partition coefficient (Wildman–Crippen LogP) is 9.01. The highest BCUT2D eigenvalue weighted by Crippen LogP contribution is 2.29. The number of amides is 1. The van der Waals surface area contributed by atoms with E-state index < -0.39 is 0 Å². The Morgan fingerprint density at radius 2 is 1.69 bits per heavy atom. The third-order valence-corrected chi connectivity index (χ3v) is 10.1. The molecule has 0 saturated carbocycles. The van der Waals surface area contributed by atoms with Gasteiger partial charge in [0.1, 0.15) is 24.5 Å². The molecule has 1 fully saturated rings. The Bertz CT molecular complexity index is 1400. The lowest BCUT2D eigenvalue weighted by Gasteiger charge is -2.36. The maximum Gasteiger partial charge on any atom is 0.307 e. The molecule has 3 rings (SSSR count). The molecular weight excluding hydrogens is 642 g/mol. The summed E-state index contributed by atoms with van der Waals surface area (Å²) in [6, 6.07) is 3.94. The van der Waals surface area contributed by atoms with Crippen LogP contribution >= 0.6 is 0 Å². The van der Waals surface area contributed by atoms with Crippen molar-refractivity contribution in [3.8, 4) is 6.07 Å². The molecule has 282 valence electrons. The minimum absolute atomic E-state index is 0.00748. The first kappa shape index (κ1) is 41.7. The molecule has 0 N–H and O–H groups in total. The number of esters is 2. The summed E-state index contributed by atoms with van der Waals surface area (Å²) in [5.41, 5.74) is 1.65. The first-order chi connectivity index (χ1) is 24.9. The van der Waals surface area contributed by atoms with Crippen molar-refractivity contribution in [2.75, 3.05) is 13.1 Å². The van der Waals surface area contributed by atoms with Crippen LogP contribution in [0.25, 0.3) is 11.0 Å². The topological polar surface area (TPSA) is 127 Å². The standard InChI is InChI=1S/C41H63N5O5/c1-4-6-8-16-19-35(51-40(49)22-15-7-5-2)20-17-13-11-9-10-12-14-18-21-39(48)50-32-46-28-25-36-37(43-31-44-41(36)46)29-34-30-45(27-24-33(34)3)38(47)23-26-42/h13,17,25,28,31,33-35H,4-12,14-16,18-24,27,29-30,32H2,1-3H3/b17-13-/t33-,34-,35-/m1/s1. The van der Waals surface area contributed by atoms with Crippen molar-refractivity contribution in [2.24, 2.45) is 11.8 Å². The van der Waals surface area contributed by atoms with E-state index in [9.17, 15) is 14.4 Å². The van der Waals surface area contributed by atoms with E-state index >= 15 is 0 Å². The average Bonchev–Trinajstić information content (AvgIpc) is 3.55. The third kappa shape index (κ3) is 15.6. The van der Waals surface area contributed by atoms with Gasteiger partial charge in [-0.3, -0.25) is 19.0 Å². The summed E-state index contributed by atoms with van der Waals surface area (Å²) in [4.78, 5) is 47.9. The lowest BCUT2D eigenvalue weighted by molar-refractivity contribution is -0.149. The quantitative estimate of drug-likeness (QED) is 0.0569. The van der Waals surface area contributed by atoms with Gasteiger partial charge in [0.15, 0.2) is 6.73 Å². The van der Waals surface area contributed by atoms with Crippen molar-refractivity contribution < 1.29 is 23.9 Å². The van der Waals surface area contributed by atoms with Crippen LogP contribution in [0.3, 0.4) is 0 Å². The predicted molar refractivity (Wildman–Crippen MR) is 200 cm³/mol. The largest absolute Gasteiger partial charge is 0.462 e. The van der Waals surface area contributed by atoms with Crippen molar-refractivity contribution in [1.82, 2.24) is 19.4 Å². The Kier molecular flexibility index (Phi) is 20.0. The van der Waals surface area contributed by atoms with E-state index in [2.05, 4.69) is 42.9 Å². The summed E-state index contributed by atoms with van der Waals surface area (Å²) in [7, 11) is 0. The molecule has 0 unspecified atom stereocenters. The minimum atomic E-state index is -0.206. The van der Waals surface area contributed by atoms with E-state index in [0.29, 0.717) is 38.3 Å². The molecule has 10 heteroatoms. The van der Waals surface area contributed by atoms with Gasteiger partial charge in [0.2, 0.25) is 5.91 Å². The number of hydrogen-bond acceptors (Lipinski definition) is 8. The number of aromatic nitrogens is 3. The zero-order valence-electron chi connectivity index (χ0n) is 31.7. The number of likely N-dealkylation sites (tertiary alicyclic amines) is 1. The van der Waals surface area contributed by atoms with Crippen LogP contribution in [-0.4, -0.2) is 56.5 Å². The van der Waals surface area contributed by atoms with Crippen molar-refractivity contribution in [1.29, 1.82) is 5.26 Å². The van der Waals surface area contributed by atoms with E-state index in [4.69, 9.17) is 14.7 Å². The lowest BCUT2D eigenvalue weighted by Crippen LogP contribution is -2.43. The SMILES string of the molecule is CCCCCC[C@H](C/C=C\CCCCCCCC(=O)OCn1ccc2c(C[C@@H]3CN(C(=O)CC#N)CC[C@H]3C)ncnc21)OC(=O)CCCCC. The van der Waals surface area contributed by atoms with E-state index in [-0.39, 0.29) is 43.0 Å². The van der Waals surface area contributed by atoms with Gasteiger partial charge in [0.05, 0.1) is 11.8 Å². The molecule has 3 atom stereocenters. The Balaban J connectivity index is 1.31. The number of carbonyl (C=O) groups is 3. The summed E-state index contributed by atoms with van der Waals surface area (Å²) < 4.78 is 13.3. The fourth-order valence-electron chi connectivity index (χ4n) is 6.82. The van der Waals surface area contributed by atoms with Gasteiger partial charge in [0, 0.05) is 43.9 Å². The fraction of sp³-hybridized carbons (Fsp3) is 0.707. The molecule has 0 aliphatic carbocycles. The monoisotopic (exact) mass is 705 g/mol. The molecule has 0 spiro atoms. The Labute approximate surface area is 306 Å². The second kappa shape index (κ2) is 24.4. The number of nitriles is 1. The molecule has 0 radical (unpaired) electrons. The van der Waals surface area contributed by atoms with Crippen LogP contribution in [0.4, 0.5) is 0 Å². The second-order valence-electron chi connectivity index (χ2n) is 14.3. The van der Waals surface area contributed by atoms with Gasteiger partial charge >= 0.3 is 11.9 Å². The van der Waals surface area contributed by atoms with Crippen LogP contribution in [0.2, 0.25) is 0 Å². The summed E-state index contributed by atoms with van der Waals surface area (Å²) in [5.74, 6) is 0.324. The van der Waals surface area contributed by atoms with Crippen molar-refractivity contribution in [3.05, 3.63) is 36.4 Å². The molecule has 1 aliphatic rings. The molecule has 0 aromatic carbocycles. The van der Waals surface area contributed by atoms with E-state index in [0.717, 1.165) is 100 Å². The molecule has 1 aliphatic heterocycles. The number of piperidine rings is 1. The highest BCUT2D eigenvalue weighted by molar-refractivity contribution is 5.79. The first-order valence-electron chi connectivity index (χ1n) is 19.8. The Morgan fingerprint density at radius 1 is 0.961 bits per heavy atom. The number of fused-ring (bicyclic) bond motifs is 1. The zero-order chi connectivity index (χ0) is 36.7. The van der Waals surface area contributed by atoms with Crippen molar-refractivity contribution in [3.63, 3.8) is 0 Å². The van der Waals surface area contributed by atoms with Crippen LogP contribution < -0.4 is 0 Å². The normalized spacial score (nSPS) is 16.7. The van der Waals surface area contributed by atoms with E-state index in [1.165, 1.54) is 19.3 Å². The van der Waals surface area contributed by atoms with Crippen LogP contribution in [0.5, 0.6) is 0 Å². The number of ether oxygens (including phenoxy) is 2. The van der Waals surface area contributed by atoms with E-state index in [1.54, 1.807) is 11.2 Å². The van der Waals surface area contributed by atoms with Gasteiger partial charge in [0.25, 0.3) is 0 Å². The molecule has 2 aromatic rings. The van der Waals surface area contributed by atoms with Crippen molar-refractivity contribution in [2.45, 2.75) is 162 Å². The Morgan fingerprint density at radius 3 is 2.49 bits per heavy atom. The van der Waals surface area contributed by atoms with Gasteiger partial charge in [-0.2, -0.15) is 5.26 Å². The molecular formula is C41H63N5O5. The van der Waals surface area contributed by atoms with Crippen LogP contribution in [-0.2, 0) is 37.0 Å². The number of nitrogens with zero attached hydrogens (tertiary/aromatic N) is 5. The highest BCUT2D eigenvalue weighted by Gasteiger charge is 2.29. The van der Waals surface area contributed by atoms with Gasteiger partial charge in [-0.05, 0) is 69.3 Å². The van der Waals surface area contributed by atoms with Crippen LogP contribution in [0, 0.1) is 23.2 Å². The Hall–Kier alpha value is -3.74. The zero-order valence-corrected chi connectivity index (χ0v) is 31.7. The molecule has 10 nitrogen and oxygen atoms in total. The average molecular weight is 706 g/mol. The van der Waals surface area contributed by atoms with Gasteiger partial charge < -0.3 is 14.4 Å². The lowest BCUT2D eigenvalue weighted by atomic mass is 9.83. The second-order valence-corrected chi connectivity index (χ2v) is 14.3. The maximum absolute atomic E-state index is 12.5. The van der Waals surface area contributed by atoms with Gasteiger partial charge in [-0.15, -0.1) is 0 Å². The fourth-order valence-corrected chi connectivity index (χ4v) is 6.82. The molecule has 2 aromatic heterocycles. The summed E-state index contributed by atoms with van der Waals surface area (Å²) >= 11 is 0. The smallest absolute Gasteiger partial charge is 0.307 e. The van der Waals surface area contributed by atoms with Crippen LogP contribution in [0.1, 0.15) is 148 Å². The molecule has 1 saturated heterocycles. The summed E-state index contributed by atoms with van der Waals surface area (Å²) in [6.45, 7) is 7.99. The minimum Gasteiger partial charge on any atom is -0.462 e. The molecule has 3 heterocycles. The number of allylic oxidation sites excluding steroid dienone is 1. The molecule has 51 heavy (non-hydrogen) atoms. The highest BCUT2D eigenvalue weighted by atomic mass is 16.5. The third-order valence-electron chi connectivity index (χ3n) is 10.1.